The topological polar surface area (TPSA) is 59.9 Å². The van der Waals surface area contributed by atoms with Gasteiger partial charge in [0, 0.05) is 5.56 Å². The highest BCUT2D eigenvalue weighted by Crippen LogP contribution is 2.38. The van der Waals surface area contributed by atoms with E-state index in [0.717, 1.165) is 28.4 Å². The van der Waals surface area contributed by atoms with Gasteiger partial charge < -0.3 is 14.8 Å². The number of nitrogens with one attached hydrogen (secondary N) is 1. The predicted molar refractivity (Wildman–Crippen MR) is 98.9 cm³/mol. The Morgan fingerprint density at radius 1 is 1.15 bits per heavy atom. The lowest BCUT2D eigenvalue weighted by atomic mass is 9.96. The Balaban J connectivity index is 1.66. The van der Waals surface area contributed by atoms with Crippen LogP contribution in [0.5, 0.6) is 5.75 Å². The fourth-order valence-corrected chi connectivity index (χ4v) is 3.30. The molecular formula is C21H20N2O3. The van der Waals surface area contributed by atoms with Gasteiger partial charge in [-0.25, -0.2) is 4.79 Å². The lowest BCUT2D eigenvalue weighted by Gasteiger charge is -2.23. The average molecular weight is 348 g/mol. The molecule has 0 aliphatic carbocycles. The van der Waals surface area contributed by atoms with E-state index in [9.17, 15) is 4.79 Å². The fourth-order valence-electron chi connectivity index (χ4n) is 3.30. The number of amidine groups is 1. The van der Waals surface area contributed by atoms with Crippen molar-refractivity contribution in [3.63, 3.8) is 0 Å². The van der Waals surface area contributed by atoms with Crippen LogP contribution in [0.3, 0.4) is 0 Å². The van der Waals surface area contributed by atoms with Crippen molar-refractivity contribution in [2.75, 3.05) is 6.61 Å². The standard InChI is InChI=1S/C21H20N2O3/c1-13-7-3-4-8-15(13)11-25-18-10-6-5-9-16(18)20-19-17(12-26-21(19)24)22-14(2)23-20/h3-10,20H,11-12H2,1-2H3,(H,22,23). The number of aliphatic imine (C=N–C) groups is 1. The van der Waals surface area contributed by atoms with E-state index in [4.69, 9.17) is 9.47 Å². The van der Waals surface area contributed by atoms with E-state index >= 15 is 0 Å². The first kappa shape index (κ1) is 16.4. The van der Waals surface area contributed by atoms with Crippen molar-refractivity contribution >= 4 is 11.8 Å². The molecule has 1 atom stereocenters. The Bertz CT molecular complexity index is 930. The average Bonchev–Trinajstić information content (AvgIpc) is 3.01. The molecule has 5 heteroatoms. The largest absolute Gasteiger partial charge is 0.489 e. The van der Waals surface area contributed by atoms with Crippen LogP contribution in [0.25, 0.3) is 0 Å². The van der Waals surface area contributed by atoms with Crippen molar-refractivity contribution in [1.82, 2.24) is 5.32 Å². The third-order valence-corrected chi connectivity index (χ3v) is 4.68. The summed E-state index contributed by atoms with van der Waals surface area (Å²) in [5.41, 5.74) is 4.55. The van der Waals surface area contributed by atoms with Crippen molar-refractivity contribution in [3.8, 4) is 5.75 Å². The van der Waals surface area contributed by atoms with Crippen LogP contribution in [0.15, 0.2) is 64.8 Å². The van der Waals surface area contributed by atoms with Gasteiger partial charge in [-0.1, -0.05) is 42.5 Å². The van der Waals surface area contributed by atoms with Gasteiger partial charge in [0.05, 0.1) is 17.1 Å². The highest BCUT2D eigenvalue weighted by molar-refractivity contribution is 5.97. The number of nitrogens with zero attached hydrogens (tertiary/aromatic N) is 1. The van der Waals surface area contributed by atoms with Crippen molar-refractivity contribution in [2.45, 2.75) is 26.5 Å². The van der Waals surface area contributed by atoms with Crippen molar-refractivity contribution in [2.24, 2.45) is 4.99 Å². The molecular weight excluding hydrogens is 328 g/mol. The van der Waals surface area contributed by atoms with Gasteiger partial charge in [0.25, 0.3) is 0 Å². The molecule has 0 amide bonds. The van der Waals surface area contributed by atoms with E-state index in [0.29, 0.717) is 12.2 Å². The summed E-state index contributed by atoms with van der Waals surface area (Å²) in [6.45, 7) is 4.69. The predicted octanol–water partition coefficient (Wildman–Crippen LogP) is 3.45. The molecule has 2 aromatic rings. The van der Waals surface area contributed by atoms with Crippen molar-refractivity contribution < 1.29 is 14.3 Å². The Morgan fingerprint density at radius 3 is 2.77 bits per heavy atom. The van der Waals surface area contributed by atoms with E-state index in [1.54, 1.807) is 0 Å². The van der Waals surface area contributed by atoms with Crippen LogP contribution in [0.2, 0.25) is 0 Å². The van der Waals surface area contributed by atoms with Gasteiger partial charge in [0.1, 0.15) is 25.0 Å². The summed E-state index contributed by atoms with van der Waals surface area (Å²) in [5, 5.41) is 3.14. The zero-order valence-corrected chi connectivity index (χ0v) is 14.8. The molecule has 0 saturated carbocycles. The quantitative estimate of drug-likeness (QED) is 0.860. The molecule has 2 aliphatic rings. The summed E-state index contributed by atoms with van der Waals surface area (Å²) in [6, 6.07) is 15.5. The second-order valence-corrected chi connectivity index (χ2v) is 6.46. The van der Waals surface area contributed by atoms with Crippen LogP contribution >= 0.6 is 0 Å². The number of carbonyl (C=O) groups excluding carboxylic acids is 1. The lowest BCUT2D eigenvalue weighted by Crippen LogP contribution is -2.28. The van der Waals surface area contributed by atoms with Gasteiger partial charge >= 0.3 is 5.97 Å². The van der Waals surface area contributed by atoms with E-state index in [2.05, 4.69) is 29.4 Å². The number of rotatable bonds is 4. The van der Waals surface area contributed by atoms with Crippen molar-refractivity contribution in [1.29, 1.82) is 0 Å². The SMILES string of the molecule is CC1=NC(c2ccccc2OCc2ccccc2C)C2=C(COC2=O)N1. The summed E-state index contributed by atoms with van der Waals surface area (Å²) < 4.78 is 11.3. The number of aryl methyl sites for hydroxylation is 1. The minimum atomic E-state index is -0.408. The lowest BCUT2D eigenvalue weighted by molar-refractivity contribution is -0.136. The third kappa shape index (κ3) is 2.96. The first-order chi connectivity index (χ1) is 12.6. The minimum Gasteiger partial charge on any atom is -0.489 e. The van der Waals surface area contributed by atoms with Gasteiger partial charge in [0.15, 0.2) is 0 Å². The summed E-state index contributed by atoms with van der Waals surface area (Å²) in [6.07, 6.45) is 0. The number of carbonyl (C=O) groups is 1. The van der Waals surface area contributed by atoms with E-state index in [-0.39, 0.29) is 12.6 Å². The fraction of sp³-hybridized carbons (Fsp3) is 0.238. The molecule has 4 rings (SSSR count). The summed E-state index contributed by atoms with van der Waals surface area (Å²) in [7, 11) is 0. The molecule has 26 heavy (non-hydrogen) atoms. The second kappa shape index (κ2) is 6.67. The number of cyclic esters (lactones) is 1. The van der Waals surface area contributed by atoms with E-state index < -0.39 is 6.04 Å². The van der Waals surface area contributed by atoms with E-state index in [1.807, 2.05) is 43.3 Å². The van der Waals surface area contributed by atoms with Crippen LogP contribution < -0.4 is 10.1 Å². The molecule has 2 heterocycles. The highest BCUT2D eigenvalue weighted by atomic mass is 16.5. The molecule has 0 saturated heterocycles. The zero-order chi connectivity index (χ0) is 18.1. The third-order valence-electron chi connectivity index (χ3n) is 4.68. The molecule has 1 unspecified atom stereocenters. The Morgan fingerprint density at radius 2 is 1.92 bits per heavy atom. The number of hydrogen-bond acceptors (Lipinski definition) is 5. The zero-order valence-electron chi connectivity index (χ0n) is 14.8. The van der Waals surface area contributed by atoms with Crippen molar-refractivity contribution in [3.05, 3.63) is 76.5 Å². The van der Waals surface area contributed by atoms with Gasteiger partial charge in [-0.15, -0.1) is 0 Å². The number of para-hydroxylation sites is 1. The number of benzene rings is 2. The first-order valence-electron chi connectivity index (χ1n) is 8.61. The van der Waals surface area contributed by atoms with E-state index in [1.165, 1.54) is 5.56 Å². The van der Waals surface area contributed by atoms with Crippen LogP contribution in [-0.2, 0) is 16.1 Å². The number of esters is 1. The van der Waals surface area contributed by atoms with Gasteiger partial charge in [-0.2, -0.15) is 0 Å². The molecule has 0 spiro atoms. The molecule has 132 valence electrons. The summed E-state index contributed by atoms with van der Waals surface area (Å²) >= 11 is 0. The molecule has 1 N–H and O–H groups in total. The molecule has 0 radical (unpaired) electrons. The number of ether oxygens (including phenoxy) is 2. The molecule has 0 aromatic heterocycles. The molecule has 2 aliphatic heterocycles. The molecule has 0 fully saturated rings. The monoisotopic (exact) mass is 348 g/mol. The molecule has 2 aromatic carbocycles. The second-order valence-electron chi connectivity index (χ2n) is 6.46. The summed E-state index contributed by atoms with van der Waals surface area (Å²) in [5.74, 6) is 1.17. The van der Waals surface area contributed by atoms with Crippen LogP contribution in [0.4, 0.5) is 0 Å². The van der Waals surface area contributed by atoms with Crippen LogP contribution in [0, 0.1) is 6.92 Å². The van der Waals surface area contributed by atoms with Gasteiger partial charge in [0.2, 0.25) is 0 Å². The van der Waals surface area contributed by atoms with Gasteiger partial charge in [-0.05, 0) is 31.0 Å². The van der Waals surface area contributed by atoms with Crippen LogP contribution in [-0.4, -0.2) is 18.4 Å². The molecule has 5 nitrogen and oxygen atoms in total. The molecule has 0 bridgehead atoms. The maximum atomic E-state index is 12.2. The normalized spacial score (nSPS) is 18.8. The Hall–Kier alpha value is -3.08. The Labute approximate surface area is 152 Å². The van der Waals surface area contributed by atoms with Crippen LogP contribution in [0.1, 0.15) is 29.7 Å². The Kier molecular flexibility index (Phi) is 4.21. The maximum Gasteiger partial charge on any atom is 0.338 e. The maximum absolute atomic E-state index is 12.2. The highest BCUT2D eigenvalue weighted by Gasteiger charge is 2.36. The number of hydrogen-bond donors (Lipinski definition) is 1. The minimum absolute atomic E-state index is 0.268. The van der Waals surface area contributed by atoms with Gasteiger partial charge in [-0.3, -0.25) is 4.99 Å². The summed E-state index contributed by atoms with van der Waals surface area (Å²) in [4.78, 5) is 16.8. The first-order valence-corrected chi connectivity index (χ1v) is 8.61. The smallest absolute Gasteiger partial charge is 0.338 e.